The molecule has 6 nitrogen and oxygen atoms in total. The van der Waals surface area contributed by atoms with Crippen LogP contribution in [0.25, 0.3) is 0 Å². The van der Waals surface area contributed by atoms with E-state index in [9.17, 15) is 14.4 Å². The molecule has 0 aliphatic carbocycles. The minimum atomic E-state index is -0.156. The lowest BCUT2D eigenvalue weighted by atomic mass is 10.1. The molecule has 0 aliphatic heterocycles. The van der Waals surface area contributed by atoms with Crippen LogP contribution in [0.2, 0.25) is 0 Å². The molecule has 126 valence electrons. The van der Waals surface area contributed by atoms with Crippen LogP contribution in [-0.4, -0.2) is 41.8 Å². The van der Waals surface area contributed by atoms with Crippen molar-refractivity contribution >= 4 is 23.4 Å². The van der Waals surface area contributed by atoms with Crippen molar-refractivity contribution in [3.63, 3.8) is 0 Å². The topological polar surface area (TPSA) is 78.5 Å². The first-order valence-corrected chi connectivity index (χ1v) is 7.75. The van der Waals surface area contributed by atoms with E-state index in [4.69, 9.17) is 0 Å². The van der Waals surface area contributed by atoms with Crippen LogP contribution in [0.5, 0.6) is 0 Å². The van der Waals surface area contributed by atoms with Gasteiger partial charge in [-0.2, -0.15) is 0 Å². The number of hydrogen-bond donors (Lipinski definition) is 2. The molecular formula is C17H25N3O3. The SMILES string of the molecule is CCN(CC(=O)NC(C)C)C(=O)Cc1ccc(NC(C)=O)cc1. The molecule has 0 unspecified atom stereocenters. The monoisotopic (exact) mass is 319 g/mol. The zero-order chi connectivity index (χ0) is 17.4. The lowest BCUT2D eigenvalue weighted by molar-refractivity contribution is -0.135. The maximum Gasteiger partial charge on any atom is 0.239 e. The van der Waals surface area contributed by atoms with E-state index in [1.807, 2.05) is 20.8 Å². The first-order valence-electron chi connectivity index (χ1n) is 7.75. The average molecular weight is 319 g/mol. The third kappa shape index (κ3) is 6.95. The molecule has 0 saturated heterocycles. The van der Waals surface area contributed by atoms with Crippen LogP contribution in [0.1, 0.15) is 33.3 Å². The van der Waals surface area contributed by atoms with Crippen molar-refractivity contribution in [3.8, 4) is 0 Å². The van der Waals surface area contributed by atoms with Crippen molar-refractivity contribution in [3.05, 3.63) is 29.8 Å². The fourth-order valence-electron chi connectivity index (χ4n) is 2.11. The van der Waals surface area contributed by atoms with E-state index < -0.39 is 0 Å². The Kier molecular flexibility index (Phi) is 7.25. The zero-order valence-corrected chi connectivity index (χ0v) is 14.2. The fraction of sp³-hybridized carbons (Fsp3) is 0.471. The molecule has 0 spiro atoms. The van der Waals surface area contributed by atoms with E-state index in [1.54, 1.807) is 24.3 Å². The number of likely N-dealkylation sites (N-methyl/N-ethyl adjacent to an activating group) is 1. The number of hydrogen-bond acceptors (Lipinski definition) is 3. The second-order valence-corrected chi connectivity index (χ2v) is 5.69. The first kappa shape index (κ1) is 18.7. The number of nitrogens with one attached hydrogen (secondary N) is 2. The van der Waals surface area contributed by atoms with Gasteiger partial charge in [0, 0.05) is 25.2 Å². The molecule has 0 radical (unpaired) electrons. The van der Waals surface area contributed by atoms with Gasteiger partial charge in [0.15, 0.2) is 0 Å². The molecule has 6 heteroatoms. The molecule has 1 rings (SSSR count). The molecule has 0 bridgehead atoms. The van der Waals surface area contributed by atoms with Gasteiger partial charge in [-0.1, -0.05) is 12.1 Å². The van der Waals surface area contributed by atoms with E-state index >= 15 is 0 Å². The highest BCUT2D eigenvalue weighted by molar-refractivity contribution is 5.89. The number of amides is 3. The molecule has 23 heavy (non-hydrogen) atoms. The van der Waals surface area contributed by atoms with Crippen molar-refractivity contribution in [1.82, 2.24) is 10.2 Å². The standard InChI is InChI=1S/C17H25N3O3/c1-5-20(11-16(22)18-12(2)3)17(23)10-14-6-8-15(9-7-14)19-13(4)21/h6-9,12H,5,10-11H2,1-4H3,(H,18,22)(H,19,21). The summed E-state index contributed by atoms with van der Waals surface area (Å²) < 4.78 is 0. The smallest absolute Gasteiger partial charge is 0.239 e. The summed E-state index contributed by atoms with van der Waals surface area (Å²) in [5, 5.41) is 5.46. The molecule has 0 fully saturated rings. The maximum atomic E-state index is 12.3. The molecule has 0 heterocycles. The predicted molar refractivity (Wildman–Crippen MR) is 90.0 cm³/mol. The van der Waals surface area contributed by atoms with Gasteiger partial charge in [-0.05, 0) is 38.5 Å². The van der Waals surface area contributed by atoms with Crippen molar-refractivity contribution < 1.29 is 14.4 Å². The zero-order valence-electron chi connectivity index (χ0n) is 14.2. The van der Waals surface area contributed by atoms with Gasteiger partial charge in [-0.15, -0.1) is 0 Å². The number of rotatable bonds is 7. The fourth-order valence-corrected chi connectivity index (χ4v) is 2.11. The molecule has 0 aromatic heterocycles. The van der Waals surface area contributed by atoms with Crippen LogP contribution >= 0.6 is 0 Å². The van der Waals surface area contributed by atoms with Gasteiger partial charge < -0.3 is 15.5 Å². The summed E-state index contributed by atoms with van der Waals surface area (Å²) in [7, 11) is 0. The third-order valence-corrected chi connectivity index (χ3v) is 3.15. The van der Waals surface area contributed by atoms with Gasteiger partial charge >= 0.3 is 0 Å². The number of anilines is 1. The van der Waals surface area contributed by atoms with Gasteiger partial charge in [-0.25, -0.2) is 0 Å². The van der Waals surface area contributed by atoms with E-state index in [2.05, 4.69) is 10.6 Å². The minimum absolute atomic E-state index is 0.0534. The van der Waals surface area contributed by atoms with Crippen LogP contribution in [0.4, 0.5) is 5.69 Å². The van der Waals surface area contributed by atoms with Crippen molar-refractivity contribution in [2.45, 2.75) is 40.2 Å². The summed E-state index contributed by atoms with van der Waals surface area (Å²) in [6.45, 7) is 7.60. The van der Waals surface area contributed by atoms with Crippen LogP contribution < -0.4 is 10.6 Å². The van der Waals surface area contributed by atoms with Gasteiger partial charge in [-0.3, -0.25) is 14.4 Å². The summed E-state index contributed by atoms with van der Waals surface area (Å²) >= 11 is 0. The van der Waals surface area contributed by atoms with E-state index in [-0.39, 0.29) is 36.7 Å². The Bertz CT molecular complexity index is 553. The summed E-state index contributed by atoms with van der Waals surface area (Å²) in [4.78, 5) is 36.6. The Morgan fingerprint density at radius 3 is 2.22 bits per heavy atom. The number of carbonyl (C=O) groups is 3. The van der Waals surface area contributed by atoms with Crippen molar-refractivity contribution in [2.75, 3.05) is 18.4 Å². The second-order valence-electron chi connectivity index (χ2n) is 5.69. The molecule has 1 aromatic rings. The molecule has 0 atom stereocenters. The van der Waals surface area contributed by atoms with Gasteiger partial charge in [0.05, 0.1) is 13.0 Å². The molecule has 3 amide bonds. The first-order chi connectivity index (χ1) is 10.8. The maximum absolute atomic E-state index is 12.3. The molecule has 0 saturated carbocycles. The Morgan fingerprint density at radius 2 is 1.74 bits per heavy atom. The van der Waals surface area contributed by atoms with E-state index in [1.165, 1.54) is 11.8 Å². The third-order valence-electron chi connectivity index (χ3n) is 3.15. The molecule has 0 aliphatic rings. The van der Waals surface area contributed by atoms with Gasteiger partial charge in [0.25, 0.3) is 0 Å². The quantitative estimate of drug-likeness (QED) is 0.800. The summed E-state index contributed by atoms with van der Waals surface area (Å²) in [6, 6.07) is 7.16. The predicted octanol–water partition coefficient (Wildman–Crippen LogP) is 1.56. The lowest BCUT2D eigenvalue weighted by Gasteiger charge is -2.21. The van der Waals surface area contributed by atoms with Crippen LogP contribution in [0, 0.1) is 0 Å². The number of benzene rings is 1. The van der Waals surface area contributed by atoms with Gasteiger partial charge in [0.2, 0.25) is 17.7 Å². The highest BCUT2D eigenvalue weighted by atomic mass is 16.2. The highest BCUT2D eigenvalue weighted by Crippen LogP contribution is 2.11. The Morgan fingerprint density at radius 1 is 1.13 bits per heavy atom. The summed E-state index contributed by atoms with van der Waals surface area (Å²) in [5.41, 5.74) is 1.53. The summed E-state index contributed by atoms with van der Waals surface area (Å²) in [5.74, 6) is -0.392. The molecular weight excluding hydrogens is 294 g/mol. The van der Waals surface area contributed by atoms with Crippen LogP contribution in [0.15, 0.2) is 24.3 Å². The Balaban J connectivity index is 2.61. The number of carbonyl (C=O) groups excluding carboxylic acids is 3. The largest absolute Gasteiger partial charge is 0.352 e. The van der Waals surface area contributed by atoms with Crippen LogP contribution in [-0.2, 0) is 20.8 Å². The van der Waals surface area contributed by atoms with Crippen molar-refractivity contribution in [1.29, 1.82) is 0 Å². The van der Waals surface area contributed by atoms with Crippen molar-refractivity contribution in [2.24, 2.45) is 0 Å². The molecule has 2 N–H and O–H groups in total. The van der Waals surface area contributed by atoms with Crippen LogP contribution in [0.3, 0.4) is 0 Å². The minimum Gasteiger partial charge on any atom is -0.352 e. The summed E-state index contributed by atoms with van der Waals surface area (Å²) in [6.07, 6.45) is 0.225. The highest BCUT2D eigenvalue weighted by Gasteiger charge is 2.16. The van der Waals surface area contributed by atoms with Gasteiger partial charge in [0.1, 0.15) is 0 Å². The number of nitrogens with zero attached hydrogens (tertiary/aromatic N) is 1. The second kappa shape index (κ2) is 8.92. The molecule has 1 aromatic carbocycles. The lowest BCUT2D eigenvalue weighted by Crippen LogP contribution is -2.43. The van der Waals surface area contributed by atoms with E-state index in [0.717, 1.165) is 5.56 Å². The van der Waals surface area contributed by atoms with E-state index in [0.29, 0.717) is 12.2 Å². The average Bonchev–Trinajstić information content (AvgIpc) is 2.45. The normalized spacial score (nSPS) is 10.3. The Labute approximate surface area is 137 Å². The Hall–Kier alpha value is -2.37.